The molecule has 3 nitrogen and oxygen atoms in total. The van der Waals surface area contributed by atoms with Crippen LogP contribution < -0.4 is 5.73 Å². The van der Waals surface area contributed by atoms with Crippen LogP contribution in [0.2, 0.25) is 0 Å². The van der Waals surface area contributed by atoms with E-state index in [0.29, 0.717) is 0 Å². The predicted octanol–water partition coefficient (Wildman–Crippen LogP) is 2.60. The van der Waals surface area contributed by atoms with Gasteiger partial charge in [-0.3, -0.25) is 0 Å². The van der Waals surface area contributed by atoms with Gasteiger partial charge in [-0.2, -0.15) is 13.2 Å². The van der Waals surface area contributed by atoms with E-state index in [9.17, 15) is 31.4 Å². The summed E-state index contributed by atoms with van der Waals surface area (Å²) in [5.41, 5.74) is 1.73. The van der Waals surface area contributed by atoms with Crippen molar-refractivity contribution in [1.29, 1.82) is 0 Å². The molecule has 0 aromatic heterocycles. The second-order valence-corrected chi connectivity index (χ2v) is 3.75. The van der Waals surface area contributed by atoms with Gasteiger partial charge in [-0.1, -0.05) is 0 Å². The summed E-state index contributed by atoms with van der Waals surface area (Å²) in [6.45, 7) is -1.85. The first-order valence-electron chi connectivity index (χ1n) is 4.85. The van der Waals surface area contributed by atoms with E-state index in [1.165, 1.54) is 0 Å². The van der Waals surface area contributed by atoms with Gasteiger partial charge in [0.1, 0.15) is 12.6 Å². The summed E-state index contributed by atoms with van der Waals surface area (Å²) in [5.74, 6) is -7.28. The molecule has 0 amide bonds. The number of benzene rings is 1. The maximum absolute atomic E-state index is 13.1. The van der Waals surface area contributed by atoms with Crippen LogP contribution in [0, 0.1) is 5.82 Å². The lowest BCUT2D eigenvalue weighted by molar-refractivity contribution is -0.140. The summed E-state index contributed by atoms with van der Waals surface area (Å²) >= 11 is 0. The molecule has 0 saturated carbocycles. The minimum atomic E-state index is -5.11. The van der Waals surface area contributed by atoms with Gasteiger partial charge >= 0.3 is 6.18 Å². The highest BCUT2D eigenvalue weighted by molar-refractivity contribution is 5.85. The number of aliphatic hydroxyl groups excluding tert-OH is 1. The quantitative estimate of drug-likeness (QED) is 0.748. The molecule has 1 rings (SSSR count). The first-order valence-corrected chi connectivity index (χ1v) is 4.85. The van der Waals surface area contributed by atoms with Crippen molar-refractivity contribution < 1.29 is 36.6 Å². The predicted molar refractivity (Wildman–Crippen MR) is 59.3 cm³/mol. The van der Waals surface area contributed by atoms with Gasteiger partial charge in [0.15, 0.2) is 11.6 Å². The average Bonchev–Trinajstić information content (AvgIpc) is 2.30. The van der Waals surface area contributed by atoms with Gasteiger partial charge in [0.25, 0.3) is 5.92 Å². The zero-order chi connectivity index (χ0) is 15.0. The van der Waals surface area contributed by atoms with Crippen LogP contribution in [0.4, 0.5) is 26.3 Å². The molecular formula is C10H10ClF6NO2. The van der Waals surface area contributed by atoms with Crippen molar-refractivity contribution >= 4 is 12.4 Å². The largest absolute Gasteiger partial charge is 0.505 e. The number of aromatic hydroxyl groups is 1. The highest BCUT2D eigenvalue weighted by atomic mass is 35.5. The molecule has 0 aliphatic heterocycles. The molecular weight excluding hydrogens is 316 g/mol. The Morgan fingerprint density at radius 1 is 1.15 bits per heavy atom. The molecule has 0 heterocycles. The monoisotopic (exact) mass is 325 g/mol. The van der Waals surface area contributed by atoms with Crippen LogP contribution in [0.5, 0.6) is 5.75 Å². The fourth-order valence-corrected chi connectivity index (χ4v) is 1.45. The Balaban J connectivity index is 0.00000361. The number of nitrogens with two attached hydrogens (primary N) is 1. The Bertz CT molecular complexity index is 480. The van der Waals surface area contributed by atoms with E-state index in [1.807, 2.05) is 0 Å². The third kappa shape index (κ3) is 3.47. The Kier molecular flexibility index (Phi) is 5.70. The number of hydrogen-bond donors (Lipinski definition) is 3. The number of alkyl halides is 5. The van der Waals surface area contributed by atoms with Gasteiger partial charge in [-0.15, -0.1) is 12.4 Å². The fraction of sp³-hybridized carbons (Fsp3) is 0.400. The van der Waals surface area contributed by atoms with E-state index in [4.69, 9.17) is 10.8 Å². The smallest absolute Gasteiger partial charge is 0.416 e. The highest BCUT2D eigenvalue weighted by Crippen LogP contribution is 2.43. The van der Waals surface area contributed by atoms with Crippen LogP contribution in [0.25, 0.3) is 0 Å². The second-order valence-electron chi connectivity index (χ2n) is 3.75. The summed E-state index contributed by atoms with van der Waals surface area (Å²) < 4.78 is 77.1. The van der Waals surface area contributed by atoms with Crippen LogP contribution in [0.15, 0.2) is 12.1 Å². The van der Waals surface area contributed by atoms with Crippen molar-refractivity contribution in [3.63, 3.8) is 0 Å². The third-order valence-corrected chi connectivity index (χ3v) is 2.45. The van der Waals surface area contributed by atoms with E-state index < -0.39 is 47.4 Å². The molecule has 0 fully saturated rings. The normalized spacial score (nSPS) is 13.8. The zero-order valence-electron chi connectivity index (χ0n) is 9.59. The summed E-state index contributed by atoms with van der Waals surface area (Å²) in [6, 6.07) is -2.23. The molecule has 116 valence electrons. The van der Waals surface area contributed by atoms with Gasteiger partial charge in [-0.05, 0) is 12.1 Å². The Morgan fingerprint density at radius 3 is 2.05 bits per heavy atom. The molecule has 1 atom stereocenters. The lowest BCUT2D eigenvalue weighted by atomic mass is 9.94. The van der Waals surface area contributed by atoms with E-state index in [2.05, 4.69) is 0 Å². The summed E-state index contributed by atoms with van der Waals surface area (Å²) in [6.07, 6.45) is -5.11. The summed E-state index contributed by atoms with van der Waals surface area (Å²) in [5, 5.41) is 17.6. The van der Waals surface area contributed by atoms with Gasteiger partial charge in [0.05, 0.1) is 5.56 Å². The summed E-state index contributed by atoms with van der Waals surface area (Å²) in [4.78, 5) is 0. The third-order valence-electron chi connectivity index (χ3n) is 2.45. The lowest BCUT2D eigenvalue weighted by Crippen LogP contribution is -2.37. The van der Waals surface area contributed by atoms with E-state index in [-0.39, 0.29) is 24.5 Å². The molecule has 0 radical (unpaired) electrons. The van der Waals surface area contributed by atoms with Crippen LogP contribution in [0.1, 0.15) is 17.2 Å². The lowest BCUT2D eigenvalue weighted by Gasteiger charge is -2.25. The molecule has 20 heavy (non-hydrogen) atoms. The van der Waals surface area contributed by atoms with Crippen molar-refractivity contribution in [2.75, 3.05) is 6.61 Å². The maximum Gasteiger partial charge on any atom is 0.416 e. The molecule has 0 spiro atoms. The maximum atomic E-state index is 13.1. The number of phenolic OH excluding ortho intramolecular Hbond substituents is 1. The van der Waals surface area contributed by atoms with E-state index in [0.717, 1.165) is 0 Å². The van der Waals surface area contributed by atoms with Gasteiger partial charge in [-0.25, -0.2) is 13.2 Å². The number of rotatable bonds is 3. The molecule has 4 N–H and O–H groups in total. The van der Waals surface area contributed by atoms with E-state index >= 15 is 0 Å². The van der Waals surface area contributed by atoms with Crippen LogP contribution >= 0.6 is 12.4 Å². The number of phenols is 1. The first-order chi connectivity index (χ1) is 8.52. The number of hydrogen-bond acceptors (Lipinski definition) is 3. The summed E-state index contributed by atoms with van der Waals surface area (Å²) in [7, 11) is 0. The molecule has 10 heteroatoms. The Morgan fingerprint density at radius 2 is 1.65 bits per heavy atom. The molecule has 0 unspecified atom stereocenters. The van der Waals surface area contributed by atoms with Crippen molar-refractivity contribution in [2.45, 2.75) is 18.1 Å². The minimum Gasteiger partial charge on any atom is -0.505 e. The Labute approximate surface area is 115 Å². The Hall–Kier alpha value is -1.19. The molecule has 1 aromatic rings. The minimum absolute atomic E-state index is 0. The SMILES string of the molecule is Cl.N[C@@H](c1c(C(F)(F)F)ccc(F)c1O)C(F)(F)CO. The van der Waals surface area contributed by atoms with E-state index in [1.54, 1.807) is 0 Å². The number of halogens is 7. The van der Waals surface area contributed by atoms with Gasteiger partial charge < -0.3 is 15.9 Å². The van der Waals surface area contributed by atoms with Gasteiger partial charge in [0, 0.05) is 5.56 Å². The zero-order valence-corrected chi connectivity index (χ0v) is 10.4. The standard InChI is InChI=1S/C10H9F6NO2.ClH/c11-5-2-1-4(10(14,15)16)6(7(5)19)8(17)9(12,13)3-18;/h1-2,8,18-19H,3,17H2;1H/t8-;/m0./s1. The fourth-order valence-electron chi connectivity index (χ4n) is 1.45. The van der Waals surface area contributed by atoms with Crippen molar-refractivity contribution in [3.8, 4) is 5.75 Å². The first kappa shape index (κ1) is 18.8. The molecule has 0 aliphatic rings. The molecule has 0 aliphatic carbocycles. The highest BCUT2D eigenvalue weighted by Gasteiger charge is 2.45. The van der Waals surface area contributed by atoms with Crippen molar-refractivity contribution in [3.05, 3.63) is 29.1 Å². The van der Waals surface area contributed by atoms with Gasteiger partial charge in [0.2, 0.25) is 0 Å². The van der Waals surface area contributed by atoms with Crippen LogP contribution in [-0.2, 0) is 6.18 Å². The van der Waals surface area contributed by atoms with Crippen molar-refractivity contribution in [2.24, 2.45) is 5.73 Å². The van der Waals surface area contributed by atoms with Crippen LogP contribution in [-0.4, -0.2) is 22.7 Å². The molecule has 0 bridgehead atoms. The average molecular weight is 326 g/mol. The topological polar surface area (TPSA) is 66.5 Å². The molecule has 1 aromatic carbocycles. The van der Waals surface area contributed by atoms with Crippen molar-refractivity contribution in [1.82, 2.24) is 0 Å². The number of aliphatic hydroxyl groups is 1. The molecule has 0 saturated heterocycles. The van der Waals surface area contributed by atoms with Crippen LogP contribution in [0.3, 0.4) is 0 Å². The second kappa shape index (κ2) is 6.06.